The molecule has 1 amide bonds. The monoisotopic (exact) mass is 497 g/mol. The Morgan fingerprint density at radius 1 is 0.882 bits per heavy atom. The molecule has 4 rings (SSSR count). The second-order valence-electron chi connectivity index (χ2n) is 8.40. The number of carbonyl (C=O) groups is 1. The fourth-order valence-electron chi connectivity index (χ4n) is 4.09. The van der Waals surface area contributed by atoms with Crippen LogP contribution < -0.4 is 10.0 Å². The predicted octanol–water partition coefficient (Wildman–Crippen LogP) is 5.06. The molecule has 1 saturated heterocycles. The van der Waals surface area contributed by atoms with Gasteiger partial charge in [-0.25, -0.2) is 8.42 Å². The average molecular weight is 498 g/mol. The molecule has 8 heteroatoms. The molecule has 0 radical (unpaired) electrons. The molecule has 2 N–H and O–H groups in total. The molecule has 34 heavy (non-hydrogen) atoms. The van der Waals surface area contributed by atoms with Crippen LogP contribution in [0.4, 0.5) is 5.69 Å². The van der Waals surface area contributed by atoms with Crippen molar-refractivity contribution in [3.63, 3.8) is 0 Å². The molecule has 0 saturated carbocycles. The number of likely N-dealkylation sites (tertiary alicyclic amines) is 1. The van der Waals surface area contributed by atoms with Gasteiger partial charge in [-0.3, -0.25) is 14.4 Å². The highest BCUT2D eigenvalue weighted by molar-refractivity contribution is 7.92. The number of nitrogens with zero attached hydrogens (tertiary/aromatic N) is 1. The number of benzene rings is 3. The number of piperidine rings is 1. The van der Waals surface area contributed by atoms with Gasteiger partial charge < -0.3 is 5.32 Å². The van der Waals surface area contributed by atoms with Crippen LogP contribution in [0.2, 0.25) is 5.02 Å². The number of hydrogen-bond donors (Lipinski definition) is 2. The Balaban J connectivity index is 1.45. The summed E-state index contributed by atoms with van der Waals surface area (Å²) < 4.78 is 27.8. The molecule has 0 spiro atoms. The van der Waals surface area contributed by atoms with Gasteiger partial charge in [-0.1, -0.05) is 60.5 Å². The molecule has 1 aliphatic heterocycles. The van der Waals surface area contributed by atoms with Crippen LogP contribution in [0.25, 0.3) is 0 Å². The Labute approximate surface area is 206 Å². The topological polar surface area (TPSA) is 78.5 Å². The highest BCUT2D eigenvalue weighted by Gasteiger charge is 2.17. The Morgan fingerprint density at radius 2 is 1.56 bits per heavy atom. The Morgan fingerprint density at radius 3 is 2.29 bits per heavy atom. The van der Waals surface area contributed by atoms with Crippen molar-refractivity contribution in [2.24, 2.45) is 0 Å². The van der Waals surface area contributed by atoms with Crippen molar-refractivity contribution >= 4 is 33.2 Å². The minimum atomic E-state index is -3.77. The second kappa shape index (κ2) is 11.0. The lowest BCUT2D eigenvalue weighted by Gasteiger charge is -2.27. The Hall–Kier alpha value is -2.87. The van der Waals surface area contributed by atoms with E-state index >= 15 is 0 Å². The van der Waals surface area contributed by atoms with E-state index in [9.17, 15) is 13.2 Å². The Bertz CT molecular complexity index is 1240. The van der Waals surface area contributed by atoms with Gasteiger partial charge in [-0.2, -0.15) is 0 Å². The van der Waals surface area contributed by atoms with Crippen LogP contribution in [-0.2, 0) is 23.1 Å². The molecule has 1 aliphatic rings. The van der Waals surface area contributed by atoms with E-state index in [1.807, 2.05) is 18.2 Å². The van der Waals surface area contributed by atoms with E-state index in [4.69, 9.17) is 11.6 Å². The molecule has 0 aromatic heterocycles. The van der Waals surface area contributed by atoms with Crippen LogP contribution in [0.15, 0.2) is 77.7 Å². The second-order valence-corrected chi connectivity index (χ2v) is 10.5. The molecule has 1 heterocycles. The van der Waals surface area contributed by atoms with E-state index in [1.54, 1.807) is 18.2 Å². The van der Waals surface area contributed by atoms with E-state index in [0.717, 1.165) is 25.2 Å². The number of rotatable bonds is 8. The molecule has 178 valence electrons. The van der Waals surface area contributed by atoms with Crippen molar-refractivity contribution < 1.29 is 13.2 Å². The van der Waals surface area contributed by atoms with Gasteiger partial charge in [-0.05, 0) is 67.4 Å². The SMILES string of the molecule is O=C(NCc1ccccc1CN1CCCCC1)c1cc(NS(=O)(=O)c2ccccc2)ccc1Cl. The lowest BCUT2D eigenvalue weighted by atomic mass is 10.0. The lowest BCUT2D eigenvalue weighted by molar-refractivity contribution is 0.0951. The lowest BCUT2D eigenvalue weighted by Crippen LogP contribution is -2.30. The van der Waals surface area contributed by atoms with Crippen molar-refractivity contribution in [3.05, 3.63) is 94.5 Å². The average Bonchev–Trinajstić information content (AvgIpc) is 2.85. The summed E-state index contributed by atoms with van der Waals surface area (Å²) in [6, 6.07) is 20.7. The fraction of sp³-hybridized carbons (Fsp3) is 0.269. The van der Waals surface area contributed by atoms with Gasteiger partial charge in [0.2, 0.25) is 0 Å². The summed E-state index contributed by atoms with van der Waals surface area (Å²) in [5, 5.41) is 3.19. The van der Waals surface area contributed by atoms with Crippen LogP contribution in [0.1, 0.15) is 40.7 Å². The maximum Gasteiger partial charge on any atom is 0.261 e. The minimum Gasteiger partial charge on any atom is -0.348 e. The van der Waals surface area contributed by atoms with Gasteiger partial charge in [-0.15, -0.1) is 0 Å². The van der Waals surface area contributed by atoms with Crippen LogP contribution in [-0.4, -0.2) is 32.3 Å². The van der Waals surface area contributed by atoms with Crippen LogP contribution in [0.3, 0.4) is 0 Å². The maximum atomic E-state index is 12.9. The standard InChI is InChI=1S/C26H28ClN3O3S/c27-25-14-13-22(29-34(32,33)23-11-3-1-4-12-23)17-24(25)26(31)28-18-20-9-5-6-10-21(20)19-30-15-7-2-8-16-30/h1,3-6,9-14,17,29H,2,7-8,15-16,18-19H2,(H,28,31). The minimum absolute atomic E-state index is 0.140. The normalized spacial score (nSPS) is 14.5. The van der Waals surface area contributed by atoms with Gasteiger partial charge in [0.05, 0.1) is 15.5 Å². The summed E-state index contributed by atoms with van der Waals surface area (Å²) in [6.07, 6.45) is 3.74. The zero-order valence-corrected chi connectivity index (χ0v) is 20.4. The number of carbonyl (C=O) groups excluding carboxylic acids is 1. The van der Waals surface area contributed by atoms with Gasteiger partial charge in [0.15, 0.2) is 0 Å². The molecule has 6 nitrogen and oxygen atoms in total. The third-order valence-electron chi connectivity index (χ3n) is 5.92. The van der Waals surface area contributed by atoms with Crippen molar-refractivity contribution in [1.82, 2.24) is 10.2 Å². The van der Waals surface area contributed by atoms with Crippen LogP contribution >= 0.6 is 11.6 Å². The number of anilines is 1. The fourth-order valence-corrected chi connectivity index (χ4v) is 5.36. The third kappa shape index (κ3) is 6.17. The van der Waals surface area contributed by atoms with Crippen molar-refractivity contribution in [2.75, 3.05) is 17.8 Å². The molecule has 0 aliphatic carbocycles. The first-order chi connectivity index (χ1) is 16.4. The molecular formula is C26H28ClN3O3S. The summed E-state index contributed by atoms with van der Waals surface area (Å²) in [5.41, 5.74) is 2.73. The molecule has 0 unspecified atom stereocenters. The Kier molecular flexibility index (Phi) is 7.88. The first-order valence-electron chi connectivity index (χ1n) is 11.4. The number of halogens is 1. The van der Waals surface area contributed by atoms with Gasteiger partial charge in [0.1, 0.15) is 0 Å². The largest absolute Gasteiger partial charge is 0.348 e. The molecule has 3 aromatic rings. The number of amides is 1. The van der Waals surface area contributed by atoms with E-state index in [1.165, 1.54) is 55.2 Å². The first-order valence-corrected chi connectivity index (χ1v) is 13.2. The zero-order valence-electron chi connectivity index (χ0n) is 18.8. The van der Waals surface area contributed by atoms with E-state index in [0.29, 0.717) is 6.54 Å². The first kappa shape index (κ1) is 24.3. The third-order valence-corrected chi connectivity index (χ3v) is 7.64. The van der Waals surface area contributed by atoms with Gasteiger partial charge in [0, 0.05) is 18.8 Å². The van der Waals surface area contributed by atoms with Crippen molar-refractivity contribution in [1.29, 1.82) is 0 Å². The summed E-state index contributed by atoms with van der Waals surface area (Å²) in [4.78, 5) is 15.5. The highest BCUT2D eigenvalue weighted by Crippen LogP contribution is 2.23. The summed E-state index contributed by atoms with van der Waals surface area (Å²) in [6.45, 7) is 3.42. The van der Waals surface area contributed by atoms with E-state index in [-0.39, 0.29) is 27.1 Å². The van der Waals surface area contributed by atoms with E-state index < -0.39 is 10.0 Å². The number of hydrogen-bond acceptors (Lipinski definition) is 4. The van der Waals surface area contributed by atoms with Gasteiger partial charge >= 0.3 is 0 Å². The van der Waals surface area contributed by atoms with Crippen molar-refractivity contribution in [3.8, 4) is 0 Å². The van der Waals surface area contributed by atoms with Gasteiger partial charge in [0.25, 0.3) is 15.9 Å². The maximum absolute atomic E-state index is 12.9. The number of nitrogens with one attached hydrogen (secondary N) is 2. The molecule has 0 bridgehead atoms. The smallest absolute Gasteiger partial charge is 0.261 e. The highest BCUT2D eigenvalue weighted by atomic mass is 35.5. The molecule has 3 aromatic carbocycles. The van der Waals surface area contributed by atoms with Crippen LogP contribution in [0, 0.1) is 0 Å². The predicted molar refractivity (Wildman–Crippen MR) is 135 cm³/mol. The van der Waals surface area contributed by atoms with Crippen LogP contribution in [0.5, 0.6) is 0 Å². The van der Waals surface area contributed by atoms with Crippen molar-refractivity contribution in [2.45, 2.75) is 37.2 Å². The molecule has 0 atom stereocenters. The molecular weight excluding hydrogens is 470 g/mol. The summed E-state index contributed by atoms with van der Waals surface area (Å²) in [7, 11) is -3.77. The number of sulfonamides is 1. The summed E-state index contributed by atoms with van der Waals surface area (Å²) in [5.74, 6) is -0.362. The molecule has 1 fully saturated rings. The summed E-state index contributed by atoms with van der Waals surface area (Å²) >= 11 is 6.28. The quantitative estimate of drug-likeness (QED) is 0.456. The zero-order chi connectivity index (χ0) is 24.0. The van der Waals surface area contributed by atoms with E-state index in [2.05, 4.69) is 21.0 Å².